The monoisotopic (exact) mass is 307 g/mol. The fourth-order valence-corrected chi connectivity index (χ4v) is 3.18. The van der Waals surface area contributed by atoms with E-state index in [9.17, 15) is 4.79 Å². The SMILES string of the molecule is CCCC(NC(=O)CSc1nncs1)c1ccccc1. The first-order valence-corrected chi connectivity index (χ1v) is 8.39. The Morgan fingerprint density at radius 2 is 2.20 bits per heavy atom. The largest absolute Gasteiger partial charge is 0.349 e. The highest BCUT2D eigenvalue weighted by Crippen LogP contribution is 2.21. The van der Waals surface area contributed by atoms with Crippen LogP contribution in [0.4, 0.5) is 0 Å². The summed E-state index contributed by atoms with van der Waals surface area (Å²) in [4.78, 5) is 12.0. The Morgan fingerprint density at radius 3 is 2.85 bits per heavy atom. The van der Waals surface area contributed by atoms with Crippen molar-refractivity contribution in [3.8, 4) is 0 Å². The number of nitrogens with one attached hydrogen (secondary N) is 1. The lowest BCUT2D eigenvalue weighted by Gasteiger charge is -2.18. The summed E-state index contributed by atoms with van der Waals surface area (Å²) < 4.78 is 0.826. The Morgan fingerprint density at radius 1 is 1.40 bits per heavy atom. The van der Waals surface area contributed by atoms with E-state index in [-0.39, 0.29) is 11.9 Å². The van der Waals surface area contributed by atoms with E-state index in [1.807, 2.05) is 18.2 Å². The summed E-state index contributed by atoms with van der Waals surface area (Å²) in [7, 11) is 0. The topological polar surface area (TPSA) is 54.9 Å². The van der Waals surface area contributed by atoms with Crippen molar-refractivity contribution in [3.05, 3.63) is 41.4 Å². The van der Waals surface area contributed by atoms with Gasteiger partial charge in [-0.3, -0.25) is 4.79 Å². The summed E-state index contributed by atoms with van der Waals surface area (Å²) >= 11 is 2.87. The van der Waals surface area contributed by atoms with E-state index >= 15 is 0 Å². The smallest absolute Gasteiger partial charge is 0.230 e. The number of carbonyl (C=O) groups excluding carboxylic acids is 1. The van der Waals surface area contributed by atoms with Crippen molar-refractivity contribution in [1.82, 2.24) is 15.5 Å². The van der Waals surface area contributed by atoms with Gasteiger partial charge in [0, 0.05) is 0 Å². The van der Waals surface area contributed by atoms with Crippen LogP contribution in [0, 0.1) is 0 Å². The molecule has 106 valence electrons. The molecule has 1 heterocycles. The first kappa shape index (κ1) is 15.0. The summed E-state index contributed by atoms with van der Waals surface area (Å²) in [5, 5.41) is 10.8. The third-order valence-corrected chi connectivity index (χ3v) is 4.64. The molecule has 0 bridgehead atoms. The van der Waals surface area contributed by atoms with Crippen LogP contribution in [0.15, 0.2) is 40.2 Å². The van der Waals surface area contributed by atoms with Crippen LogP contribution in [-0.4, -0.2) is 21.9 Å². The zero-order chi connectivity index (χ0) is 14.2. The number of benzene rings is 1. The molecule has 0 saturated heterocycles. The molecular weight excluding hydrogens is 290 g/mol. The number of hydrogen-bond donors (Lipinski definition) is 1. The Labute approximate surface area is 127 Å². The van der Waals surface area contributed by atoms with Gasteiger partial charge in [0.2, 0.25) is 5.91 Å². The lowest BCUT2D eigenvalue weighted by Crippen LogP contribution is -2.29. The van der Waals surface area contributed by atoms with Gasteiger partial charge in [0.15, 0.2) is 4.34 Å². The van der Waals surface area contributed by atoms with Crippen molar-refractivity contribution in [2.45, 2.75) is 30.1 Å². The maximum absolute atomic E-state index is 12.0. The van der Waals surface area contributed by atoms with E-state index in [2.05, 4.69) is 34.6 Å². The van der Waals surface area contributed by atoms with Crippen molar-refractivity contribution in [2.75, 3.05) is 5.75 Å². The van der Waals surface area contributed by atoms with Gasteiger partial charge in [0.1, 0.15) is 5.51 Å². The number of aromatic nitrogens is 2. The number of carbonyl (C=O) groups is 1. The number of nitrogens with zero attached hydrogens (tertiary/aromatic N) is 2. The number of rotatable bonds is 7. The van der Waals surface area contributed by atoms with Crippen molar-refractivity contribution < 1.29 is 4.79 Å². The predicted molar refractivity (Wildman–Crippen MR) is 82.9 cm³/mol. The molecule has 2 aromatic rings. The zero-order valence-corrected chi connectivity index (χ0v) is 12.9. The van der Waals surface area contributed by atoms with Crippen molar-refractivity contribution >= 4 is 29.0 Å². The maximum atomic E-state index is 12.0. The highest BCUT2D eigenvalue weighted by molar-refractivity contribution is 8.01. The summed E-state index contributed by atoms with van der Waals surface area (Å²) in [6.07, 6.45) is 1.97. The normalized spacial score (nSPS) is 12.1. The summed E-state index contributed by atoms with van der Waals surface area (Å²) in [6.45, 7) is 2.12. The van der Waals surface area contributed by atoms with Gasteiger partial charge < -0.3 is 5.32 Å². The Balaban J connectivity index is 1.89. The molecule has 0 aliphatic carbocycles. The molecule has 0 fully saturated rings. The standard InChI is InChI=1S/C14H17N3OS2/c1-2-6-12(11-7-4-3-5-8-11)16-13(18)9-19-14-17-15-10-20-14/h3-5,7-8,10,12H,2,6,9H2,1H3,(H,16,18). The number of thioether (sulfide) groups is 1. The molecule has 2 rings (SSSR count). The molecule has 20 heavy (non-hydrogen) atoms. The van der Waals surface area contributed by atoms with E-state index in [4.69, 9.17) is 0 Å². The van der Waals surface area contributed by atoms with Crippen LogP contribution >= 0.6 is 23.1 Å². The molecule has 1 unspecified atom stereocenters. The number of hydrogen-bond acceptors (Lipinski definition) is 5. The fourth-order valence-electron chi connectivity index (χ4n) is 1.89. The summed E-state index contributed by atoms with van der Waals surface area (Å²) in [6, 6.07) is 10.2. The van der Waals surface area contributed by atoms with E-state index in [1.165, 1.54) is 23.1 Å². The molecule has 1 N–H and O–H groups in total. The average Bonchev–Trinajstić information content (AvgIpc) is 2.99. The van der Waals surface area contributed by atoms with Crippen LogP contribution in [0.25, 0.3) is 0 Å². The molecule has 0 aliphatic rings. The van der Waals surface area contributed by atoms with Crippen LogP contribution < -0.4 is 5.32 Å². The Bertz CT molecular complexity index is 516. The van der Waals surface area contributed by atoms with Crippen molar-refractivity contribution in [3.63, 3.8) is 0 Å². The van der Waals surface area contributed by atoms with Gasteiger partial charge >= 0.3 is 0 Å². The van der Waals surface area contributed by atoms with Crippen molar-refractivity contribution in [1.29, 1.82) is 0 Å². The molecule has 0 saturated carbocycles. The van der Waals surface area contributed by atoms with Crippen LogP contribution in [0.5, 0.6) is 0 Å². The lowest BCUT2D eigenvalue weighted by atomic mass is 10.0. The molecule has 0 spiro atoms. The molecule has 1 amide bonds. The van der Waals surface area contributed by atoms with Gasteiger partial charge in [0.05, 0.1) is 11.8 Å². The number of amides is 1. The first-order chi connectivity index (χ1) is 9.79. The molecular formula is C14H17N3OS2. The van der Waals surface area contributed by atoms with E-state index in [1.54, 1.807) is 5.51 Å². The quantitative estimate of drug-likeness (QED) is 0.798. The minimum Gasteiger partial charge on any atom is -0.349 e. The van der Waals surface area contributed by atoms with Gasteiger partial charge in [-0.15, -0.1) is 10.2 Å². The second-order valence-electron chi connectivity index (χ2n) is 4.31. The van der Waals surface area contributed by atoms with Gasteiger partial charge in [-0.2, -0.15) is 0 Å². The predicted octanol–water partition coefficient (Wildman–Crippen LogP) is 3.29. The Kier molecular flexibility index (Phi) is 6.01. The molecule has 0 radical (unpaired) electrons. The van der Waals surface area contributed by atoms with Gasteiger partial charge in [-0.05, 0) is 12.0 Å². The van der Waals surface area contributed by atoms with Gasteiger partial charge in [-0.25, -0.2) is 0 Å². The Hall–Kier alpha value is -1.40. The van der Waals surface area contributed by atoms with E-state index in [0.717, 1.165) is 22.7 Å². The molecule has 1 atom stereocenters. The van der Waals surface area contributed by atoms with E-state index in [0.29, 0.717) is 5.75 Å². The zero-order valence-electron chi connectivity index (χ0n) is 11.3. The van der Waals surface area contributed by atoms with Crippen LogP contribution in [0.3, 0.4) is 0 Å². The van der Waals surface area contributed by atoms with E-state index < -0.39 is 0 Å². The van der Waals surface area contributed by atoms with Crippen LogP contribution in [0.2, 0.25) is 0 Å². The first-order valence-electron chi connectivity index (χ1n) is 6.53. The molecule has 1 aromatic carbocycles. The third-order valence-electron chi connectivity index (χ3n) is 2.78. The highest BCUT2D eigenvalue weighted by atomic mass is 32.2. The molecule has 1 aromatic heterocycles. The summed E-state index contributed by atoms with van der Waals surface area (Å²) in [5.41, 5.74) is 2.83. The van der Waals surface area contributed by atoms with Gasteiger partial charge in [-0.1, -0.05) is 66.8 Å². The highest BCUT2D eigenvalue weighted by Gasteiger charge is 2.14. The lowest BCUT2D eigenvalue weighted by molar-refractivity contribution is -0.119. The average molecular weight is 307 g/mol. The van der Waals surface area contributed by atoms with Gasteiger partial charge in [0.25, 0.3) is 0 Å². The fraction of sp³-hybridized carbons (Fsp3) is 0.357. The minimum atomic E-state index is 0.0347. The molecule has 0 aliphatic heterocycles. The minimum absolute atomic E-state index is 0.0347. The summed E-state index contributed by atoms with van der Waals surface area (Å²) in [5.74, 6) is 0.412. The van der Waals surface area contributed by atoms with Crippen LogP contribution in [-0.2, 0) is 4.79 Å². The molecule has 4 nitrogen and oxygen atoms in total. The van der Waals surface area contributed by atoms with Crippen LogP contribution in [0.1, 0.15) is 31.4 Å². The maximum Gasteiger partial charge on any atom is 0.230 e. The second-order valence-corrected chi connectivity index (χ2v) is 6.37. The third kappa shape index (κ3) is 4.61. The molecule has 6 heteroatoms. The van der Waals surface area contributed by atoms with Crippen molar-refractivity contribution in [2.24, 2.45) is 0 Å². The second kappa shape index (κ2) is 8.01.